The number of pyridine rings is 1. The maximum Gasteiger partial charge on any atom is 0.278 e. The van der Waals surface area contributed by atoms with Crippen molar-refractivity contribution >= 4 is 48.3 Å². The summed E-state index contributed by atoms with van der Waals surface area (Å²) < 4.78 is 41.8. The van der Waals surface area contributed by atoms with Gasteiger partial charge in [0.25, 0.3) is 5.91 Å². The highest BCUT2D eigenvalue weighted by Crippen LogP contribution is 2.27. The smallest absolute Gasteiger partial charge is 0.278 e. The van der Waals surface area contributed by atoms with Crippen LogP contribution in [0.1, 0.15) is 12.0 Å². The van der Waals surface area contributed by atoms with E-state index in [0.717, 1.165) is 0 Å². The first-order valence-corrected chi connectivity index (χ1v) is 14.5. The number of thiazole rings is 1. The zero-order valence-corrected chi connectivity index (χ0v) is 22.0. The summed E-state index contributed by atoms with van der Waals surface area (Å²) in [5.74, 6) is -0.144. The van der Waals surface area contributed by atoms with E-state index in [2.05, 4.69) is 20.4 Å². The minimum Gasteiger partial charge on any atom is -0.475 e. The van der Waals surface area contributed by atoms with E-state index < -0.39 is 21.0 Å². The predicted octanol–water partition coefficient (Wildman–Crippen LogP) is 1.30. The normalized spacial score (nSPS) is 18.6. The van der Waals surface area contributed by atoms with Crippen LogP contribution >= 0.6 is 11.3 Å². The Morgan fingerprint density at radius 1 is 1.13 bits per heavy atom. The minimum absolute atomic E-state index is 0.122. The summed E-state index contributed by atoms with van der Waals surface area (Å²) in [7, 11) is -3.53. The van der Waals surface area contributed by atoms with E-state index in [-0.39, 0.29) is 30.4 Å². The number of sulfone groups is 1. The van der Waals surface area contributed by atoms with Crippen LogP contribution in [0.4, 0.5) is 5.13 Å². The van der Waals surface area contributed by atoms with Crippen molar-refractivity contribution in [1.82, 2.24) is 15.0 Å². The first kappa shape index (κ1) is 26.4. The van der Waals surface area contributed by atoms with Gasteiger partial charge in [-0.3, -0.25) is 15.1 Å². The molecule has 2 aliphatic heterocycles. The predicted molar refractivity (Wildman–Crippen MR) is 140 cm³/mol. The van der Waals surface area contributed by atoms with Gasteiger partial charge in [-0.1, -0.05) is 23.5 Å². The second kappa shape index (κ2) is 11.7. The lowest BCUT2D eigenvalue weighted by molar-refractivity contribution is -0.110. The first-order chi connectivity index (χ1) is 18.4. The van der Waals surface area contributed by atoms with Gasteiger partial charge in [0, 0.05) is 18.2 Å². The molecule has 5 rings (SSSR count). The third kappa shape index (κ3) is 5.94. The lowest BCUT2D eigenvalue weighted by Crippen LogP contribution is -2.35. The fourth-order valence-corrected chi connectivity index (χ4v) is 6.43. The van der Waals surface area contributed by atoms with Gasteiger partial charge in [0.2, 0.25) is 5.88 Å². The van der Waals surface area contributed by atoms with Crippen LogP contribution in [0.2, 0.25) is 0 Å². The number of aliphatic hydroxyl groups excluding tert-OH is 1. The van der Waals surface area contributed by atoms with Crippen molar-refractivity contribution < 1.29 is 32.5 Å². The monoisotopic (exact) mass is 561 g/mol. The van der Waals surface area contributed by atoms with Crippen LogP contribution in [0.3, 0.4) is 0 Å². The van der Waals surface area contributed by atoms with Crippen LogP contribution in [0.5, 0.6) is 5.88 Å². The second-order valence-corrected chi connectivity index (χ2v) is 11.8. The molecule has 12 nitrogen and oxygen atoms in total. The SMILES string of the molecule is O=C(Nc1nc2ccc(OCCO)nc2s1)C(=NN1CCOCC1)c1ccc(S(=O)(=O)[C@H]2CCOC2)cc1. The number of benzene rings is 1. The number of nitrogens with zero attached hydrogens (tertiary/aromatic N) is 4. The number of carbonyl (C=O) groups is 1. The van der Waals surface area contributed by atoms with Gasteiger partial charge >= 0.3 is 0 Å². The van der Waals surface area contributed by atoms with Gasteiger partial charge in [-0.15, -0.1) is 0 Å². The highest BCUT2D eigenvalue weighted by molar-refractivity contribution is 7.92. The number of carbonyl (C=O) groups excluding carboxylic acids is 1. The summed E-state index contributed by atoms with van der Waals surface area (Å²) in [6.45, 7) is 2.62. The number of aromatic nitrogens is 2. The number of morpholine rings is 1. The Labute approximate surface area is 223 Å². The molecule has 0 spiro atoms. The number of hydrogen-bond donors (Lipinski definition) is 2. The summed E-state index contributed by atoms with van der Waals surface area (Å²) in [5, 5.41) is 17.8. The average Bonchev–Trinajstić information content (AvgIpc) is 3.61. The molecule has 2 aromatic heterocycles. The van der Waals surface area contributed by atoms with Gasteiger partial charge in [-0.25, -0.2) is 18.4 Å². The molecule has 0 unspecified atom stereocenters. The van der Waals surface area contributed by atoms with Gasteiger partial charge in [0.05, 0.1) is 49.7 Å². The Balaban J connectivity index is 1.40. The van der Waals surface area contributed by atoms with Crippen LogP contribution in [0.25, 0.3) is 10.3 Å². The summed E-state index contributed by atoms with van der Waals surface area (Å²) in [4.78, 5) is 22.9. The van der Waals surface area contributed by atoms with E-state index in [1.54, 1.807) is 29.3 Å². The minimum atomic E-state index is -3.53. The largest absolute Gasteiger partial charge is 0.475 e. The molecule has 2 aliphatic rings. The molecule has 0 saturated carbocycles. The van der Waals surface area contributed by atoms with Gasteiger partial charge in [-0.2, -0.15) is 5.10 Å². The molecule has 38 heavy (non-hydrogen) atoms. The zero-order valence-electron chi connectivity index (χ0n) is 20.4. The Morgan fingerprint density at radius 3 is 2.63 bits per heavy atom. The molecule has 2 N–H and O–H groups in total. The van der Waals surface area contributed by atoms with Crippen molar-refractivity contribution in [3.05, 3.63) is 42.0 Å². The molecule has 1 atom stereocenters. The molecule has 0 radical (unpaired) electrons. The van der Waals surface area contributed by atoms with Crippen LogP contribution in [0.15, 0.2) is 46.4 Å². The van der Waals surface area contributed by atoms with Crippen molar-refractivity contribution in [3.63, 3.8) is 0 Å². The number of rotatable bonds is 9. The van der Waals surface area contributed by atoms with Crippen molar-refractivity contribution in [3.8, 4) is 5.88 Å². The number of nitrogens with one attached hydrogen (secondary N) is 1. The van der Waals surface area contributed by atoms with E-state index in [0.29, 0.717) is 66.3 Å². The highest BCUT2D eigenvalue weighted by atomic mass is 32.2. The quantitative estimate of drug-likeness (QED) is 0.366. The first-order valence-electron chi connectivity index (χ1n) is 12.1. The van der Waals surface area contributed by atoms with Gasteiger partial charge in [0.15, 0.2) is 20.7 Å². The van der Waals surface area contributed by atoms with Crippen molar-refractivity contribution in [2.75, 3.05) is 58.0 Å². The molecule has 0 bridgehead atoms. The van der Waals surface area contributed by atoms with Gasteiger partial charge in [-0.05, 0) is 24.6 Å². The molecule has 4 heterocycles. The van der Waals surface area contributed by atoms with E-state index >= 15 is 0 Å². The fraction of sp³-hybridized carbons (Fsp3) is 0.417. The van der Waals surface area contributed by atoms with E-state index in [4.69, 9.17) is 19.3 Å². The summed E-state index contributed by atoms with van der Waals surface area (Å²) in [6.07, 6.45) is 0.461. The third-order valence-corrected chi connectivity index (χ3v) is 9.08. The fourth-order valence-electron chi connectivity index (χ4n) is 4.02. The van der Waals surface area contributed by atoms with E-state index in [9.17, 15) is 13.2 Å². The van der Waals surface area contributed by atoms with Gasteiger partial charge in [0.1, 0.15) is 17.0 Å². The summed E-state index contributed by atoms with van der Waals surface area (Å²) in [5.41, 5.74) is 1.17. The second-order valence-electron chi connectivity index (χ2n) is 8.59. The van der Waals surface area contributed by atoms with Crippen molar-refractivity contribution in [2.45, 2.75) is 16.6 Å². The topological polar surface area (TPSA) is 153 Å². The Kier molecular flexibility index (Phi) is 8.14. The van der Waals surface area contributed by atoms with Crippen LogP contribution in [-0.4, -0.2) is 98.1 Å². The molecule has 1 amide bonds. The Hall–Kier alpha value is -3.17. The Morgan fingerprint density at radius 2 is 1.92 bits per heavy atom. The number of amides is 1. The standard InChI is InChI=1S/C24H27N5O7S2/c30-10-14-36-20-6-5-19-23(26-20)37-24(25-19)27-22(31)21(28-29-8-12-34-13-9-29)16-1-3-17(4-2-16)38(32,33)18-7-11-35-15-18/h1-6,18,30H,7-15H2,(H,25,27,31)/t18-/m0/s1. The maximum atomic E-state index is 13.4. The van der Waals surface area contributed by atoms with Crippen LogP contribution in [0, 0.1) is 0 Å². The van der Waals surface area contributed by atoms with E-state index in [1.165, 1.54) is 23.5 Å². The highest BCUT2D eigenvalue weighted by Gasteiger charge is 2.31. The number of hydrogen-bond acceptors (Lipinski definition) is 12. The molecular formula is C24H27N5O7S2. The summed E-state index contributed by atoms with van der Waals surface area (Å²) in [6, 6.07) is 9.54. The number of anilines is 1. The molecule has 2 fully saturated rings. The zero-order chi connectivity index (χ0) is 26.5. The number of ether oxygens (including phenoxy) is 3. The molecule has 2 saturated heterocycles. The molecule has 1 aromatic carbocycles. The Bertz CT molecular complexity index is 1410. The number of fused-ring (bicyclic) bond motifs is 1. The molecule has 0 aliphatic carbocycles. The lowest BCUT2D eigenvalue weighted by Gasteiger charge is -2.25. The van der Waals surface area contributed by atoms with Crippen molar-refractivity contribution in [1.29, 1.82) is 0 Å². The third-order valence-electron chi connectivity index (χ3n) is 6.02. The molecule has 14 heteroatoms. The van der Waals surface area contributed by atoms with E-state index in [1.807, 2.05) is 0 Å². The lowest BCUT2D eigenvalue weighted by atomic mass is 10.1. The number of hydrazone groups is 1. The molecule has 202 valence electrons. The summed E-state index contributed by atoms with van der Waals surface area (Å²) >= 11 is 1.18. The number of aliphatic hydroxyl groups is 1. The molecule has 3 aromatic rings. The molecular weight excluding hydrogens is 534 g/mol. The average molecular weight is 562 g/mol. The van der Waals surface area contributed by atoms with Crippen molar-refractivity contribution in [2.24, 2.45) is 5.10 Å². The van der Waals surface area contributed by atoms with Crippen LogP contribution < -0.4 is 10.1 Å². The van der Waals surface area contributed by atoms with Gasteiger partial charge < -0.3 is 19.3 Å². The van der Waals surface area contributed by atoms with Crippen LogP contribution in [-0.2, 0) is 24.1 Å². The maximum absolute atomic E-state index is 13.4.